The van der Waals surface area contributed by atoms with Crippen molar-refractivity contribution in [2.75, 3.05) is 5.32 Å². The monoisotopic (exact) mass is 321 g/mol. The molecule has 2 atom stereocenters. The molecule has 2 aromatic heterocycles. The van der Waals surface area contributed by atoms with Gasteiger partial charge in [0, 0.05) is 19.2 Å². The molecule has 2 aliphatic rings. The third kappa shape index (κ3) is 2.06. The van der Waals surface area contributed by atoms with Crippen molar-refractivity contribution in [3.05, 3.63) is 34.3 Å². The molecule has 4 heterocycles. The van der Waals surface area contributed by atoms with E-state index in [1.807, 2.05) is 17.9 Å². The van der Waals surface area contributed by atoms with Crippen molar-refractivity contribution in [1.29, 1.82) is 0 Å². The molecular formula is C14H16FN5OS. The lowest BCUT2D eigenvalue weighted by atomic mass is 9.95. The van der Waals surface area contributed by atoms with Gasteiger partial charge in [-0.05, 0) is 37.8 Å². The van der Waals surface area contributed by atoms with E-state index in [1.165, 1.54) is 17.5 Å². The fourth-order valence-corrected chi connectivity index (χ4v) is 4.01. The summed E-state index contributed by atoms with van der Waals surface area (Å²) < 4.78 is 13.9. The van der Waals surface area contributed by atoms with Gasteiger partial charge in [-0.15, -0.1) is 10.2 Å². The van der Waals surface area contributed by atoms with Crippen LogP contribution in [0.1, 0.15) is 36.4 Å². The summed E-state index contributed by atoms with van der Waals surface area (Å²) in [5.41, 5.74) is 1.54. The molecule has 0 aromatic carbocycles. The Bertz CT molecular complexity index is 755. The number of pyridine rings is 1. The molecule has 0 aliphatic carbocycles. The second-order valence-electron chi connectivity index (χ2n) is 5.58. The first kappa shape index (κ1) is 13.6. The van der Waals surface area contributed by atoms with Gasteiger partial charge in [-0.25, -0.2) is 9.78 Å². The zero-order chi connectivity index (χ0) is 15.3. The minimum absolute atomic E-state index is 0. The van der Waals surface area contributed by atoms with E-state index >= 15 is 0 Å². The Hall–Kier alpha value is -2.09. The summed E-state index contributed by atoms with van der Waals surface area (Å²) in [4.78, 5) is 18.1. The van der Waals surface area contributed by atoms with E-state index in [0.717, 1.165) is 23.4 Å². The molecule has 1 saturated heterocycles. The number of aryl methyl sites for hydroxylation is 1. The SMILES string of the molecule is Cc1nnc(NC(=O)N2[C@H]3CC[C@@H]2c2ccnc(F)c2C3)s1.[HH]. The first-order valence-corrected chi connectivity index (χ1v) is 7.98. The van der Waals surface area contributed by atoms with Crippen LogP contribution in [0.25, 0.3) is 0 Å². The van der Waals surface area contributed by atoms with Gasteiger partial charge in [0.2, 0.25) is 11.1 Å². The molecule has 116 valence electrons. The Morgan fingerprint density at radius 3 is 3.14 bits per heavy atom. The number of hydrogen-bond donors (Lipinski definition) is 1. The summed E-state index contributed by atoms with van der Waals surface area (Å²) in [5, 5.41) is 11.9. The highest BCUT2D eigenvalue weighted by molar-refractivity contribution is 7.15. The zero-order valence-electron chi connectivity index (χ0n) is 11.9. The number of amides is 2. The van der Waals surface area contributed by atoms with E-state index < -0.39 is 5.95 Å². The minimum atomic E-state index is -0.408. The smallest absolute Gasteiger partial charge is 0.314 e. The molecule has 22 heavy (non-hydrogen) atoms. The minimum Gasteiger partial charge on any atom is -0.314 e. The molecule has 0 unspecified atom stereocenters. The Morgan fingerprint density at radius 2 is 2.36 bits per heavy atom. The first-order chi connectivity index (χ1) is 10.6. The van der Waals surface area contributed by atoms with Crippen molar-refractivity contribution < 1.29 is 10.6 Å². The quantitative estimate of drug-likeness (QED) is 0.820. The maximum Gasteiger partial charge on any atom is 0.324 e. The number of nitrogens with one attached hydrogen (secondary N) is 1. The number of aromatic nitrogens is 3. The predicted octanol–water partition coefficient (Wildman–Crippen LogP) is 2.92. The molecule has 4 rings (SSSR count). The lowest BCUT2D eigenvalue weighted by molar-refractivity contribution is 0.178. The predicted molar refractivity (Wildman–Crippen MR) is 81.3 cm³/mol. The van der Waals surface area contributed by atoms with Gasteiger partial charge in [0.05, 0.1) is 6.04 Å². The van der Waals surface area contributed by atoms with E-state index in [-0.39, 0.29) is 19.5 Å². The molecule has 0 saturated carbocycles. The Kier molecular flexibility index (Phi) is 3.07. The summed E-state index contributed by atoms with van der Waals surface area (Å²) in [6.45, 7) is 1.84. The van der Waals surface area contributed by atoms with E-state index in [0.29, 0.717) is 17.1 Å². The number of anilines is 1. The van der Waals surface area contributed by atoms with Crippen LogP contribution >= 0.6 is 11.3 Å². The van der Waals surface area contributed by atoms with Crippen LogP contribution in [0.3, 0.4) is 0 Å². The average Bonchev–Trinajstić information content (AvgIpc) is 3.03. The van der Waals surface area contributed by atoms with Crippen molar-refractivity contribution in [3.63, 3.8) is 0 Å². The van der Waals surface area contributed by atoms with Crippen molar-refractivity contribution >= 4 is 22.5 Å². The molecule has 2 aromatic rings. The molecule has 1 N–H and O–H groups in total. The normalized spacial score (nSPS) is 22.5. The zero-order valence-corrected chi connectivity index (χ0v) is 12.7. The summed E-state index contributed by atoms with van der Waals surface area (Å²) in [5.74, 6) is -0.408. The molecule has 0 spiro atoms. The third-order valence-corrected chi connectivity index (χ3v) is 5.07. The van der Waals surface area contributed by atoms with E-state index in [2.05, 4.69) is 20.5 Å². The highest BCUT2D eigenvalue weighted by Gasteiger charge is 2.43. The first-order valence-electron chi connectivity index (χ1n) is 7.16. The van der Waals surface area contributed by atoms with Gasteiger partial charge < -0.3 is 4.90 Å². The Balaban J connectivity index is 0.00000156. The van der Waals surface area contributed by atoms with Crippen LogP contribution in [0, 0.1) is 12.9 Å². The number of rotatable bonds is 1. The fourth-order valence-electron chi connectivity index (χ4n) is 3.43. The number of nitrogens with zero attached hydrogens (tertiary/aromatic N) is 4. The van der Waals surface area contributed by atoms with Gasteiger partial charge in [0.25, 0.3) is 0 Å². The number of fused-ring (bicyclic) bond motifs is 4. The van der Waals surface area contributed by atoms with Crippen LogP contribution in [0.4, 0.5) is 14.3 Å². The highest BCUT2D eigenvalue weighted by atomic mass is 32.1. The Labute approximate surface area is 131 Å². The second-order valence-corrected chi connectivity index (χ2v) is 6.77. The van der Waals surface area contributed by atoms with Crippen LogP contribution in [0.5, 0.6) is 0 Å². The Morgan fingerprint density at radius 1 is 1.50 bits per heavy atom. The number of halogens is 1. The lowest BCUT2D eigenvalue weighted by Gasteiger charge is -2.35. The molecule has 6 nitrogen and oxygen atoms in total. The summed E-state index contributed by atoms with van der Waals surface area (Å²) in [6, 6.07) is 1.57. The fraction of sp³-hybridized carbons (Fsp3) is 0.429. The van der Waals surface area contributed by atoms with Crippen LogP contribution in [0.15, 0.2) is 12.3 Å². The van der Waals surface area contributed by atoms with Crippen molar-refractivity contribution in [2.45, 2.75) is 38.3 Å². The van der Waals surface area contributed by atoms with Crippen LogP contribution < -0.4 is 5.32 Å². The molecule has 2 aliphatic heterocycles. The largest absolute Gasteiger partial charge is 0.324 e. The van der Waals surface area contributed by atoms with Gasteiger partial charge in [-0.2, -0.15) is 4.39 Å². The molecule has 2 bridgehead atoms. The number of carbonyl (C=O) groups is 1. The summed E-state index contributed by atoms with van der Waals surface area (Å²) in [6.07, 6.45) is 3.72. The molecule has 2 amide bonds. The van der Waals surface area contributed by atoms with Crippen molar-refractivity contribution in [1.82, 2.24) is 20.1 Å². The number of urea groups is 1. The molecule has 0 radical (unpaired) electrons. The molecule has 1 fully saturated rings. The van der Waals surface area contributed by atoms with Crippen LogP contribution in [-0.2, 0) is 6.42 Å². The maximum absolute atomic E-state index is 13.9. The van der Waals surface area contributed by atoms with E-state index in [4.69, 9.17) is 0 Å². The lowest BCUT2D eigenvalue weighted by Crippen LogP contribution is -2.44. The molecule has 8 heteroatoms. The maximum atomic E-state index is 13.9. The van der Waals surface area contributed by atoms with Gasteiger partial charge in [0.1, 0.15) is 5.01 Å². The van der Waals surface area contributed by atoms with E-state index in [1.54, 1.807) is 0 Å². The van der Waals surface area contributed by atoms with Crippen molar-refractivity contribution in [2.24, 2.45) is 0 Å². The topological polar surface area (TPSA) is 71.0 Å². The third-order valence-electron chi connectivity index (χ3n) is 4.32. The summed E-state index contributed by atoms with van der Waals surface area (Å²) >= 11 is 1.34. The standard InChI is InChI=1S/C14H14FN5OS.H2/c1-7-18-19-13(22-7)17-14(21)20-8-2-3-11(20)9-4-5-16-12(15)10(9)6-8;/h4-5,8,11H,2-3,6H2,1H3,(H,17,19,21);1H/t8-,11+;/m0./s1. The molecular weight excluding hydrogens is 305 g/mol. The average molecular weight is 321 g/mol. The van der Waals surface area contributed by atoms with Crippen LogP contribution in [-0.4, -0.2) is 32.2 Å². The number of hydrogen-bond acceptors (Lipinski definition) is 5. The van der Waals surface area contributed by atoms with Gasteiger partial charge >= 0.3 is 6.03 Å². The van der Waals surface area contributed by atoms with Crippen LogP contribution in [0.2, 0.25) is 0 Å². The van der Waals surface area contributed by atoms with E-state index in [9.17, 15) is 9.18 Å². The number of carbonyl (C=O) groups excluding carboxylic acids is 1. The van der Waals surface area contributed by atoms with Crippen molar-refractivity contribution in [3.8, 4) is 0 Å². The second kappa shape index (κ2) is 4.98. The summed E-state index contributed by atoms with van der Waals surface area (Å²) in [7, 11) is 0. The van der Waals surface area contributed by atoms with Gasteiger partial charge in [-0.3, -0.25) is 5.32 Å². The van der Waals surface area contributed by atoms with Gasteiger partial charge in [0.15, 0.2) is 0 Å². The highest BCUT2D eigenvalue weighted by Crippen LogP contribution is 2.44. The van der Waals surface area contributed by atoms with Gasteiger partial charge in [-0.1, -0.05) is 11.3 Å².